The number of hydrogen-bond acceptors (Lipinski definition) is 0. The maximum Gasteiger partial charge on any atom is -0.0259 e. The Morgan fingerprint density at radius 1 is 0.900 bits per heavy atom. The second kappa shape index (κ2) is 12.2. The van der Waals surface area contributed by atoms with Gasteiger partial charge in [-0.3, -0.25) is 0 Å². The summed E-state index contributed by atoms with van der Waals surface area (Å²) in [4.78, 5) is 0. The molecule has 0 aliphatic rings. The first-order chi connectivity index (χ1) is 9.45. The van der Waals surface area contributed by atoms with E-state index in [0.717, 1.165) is 24.2 Å². The van der Waals surface area contributed by atoms with Crippen LogP contribution in [0.15, 0.2) is 23.8 Å². The zero-order valence-electron chi connectivity index (χ0n) is 14.9. The summed E-state index contributed by atoms with van der Waals surface area (Å²) < 4.78 is 0. The summed E-state index contributed by atoms with van der Waals surface area (Å²) in [5.41, 5.74) is 1.47. The van der Waals surface area contributed by atoms with Crippen LogP contribution in [-0.2, 0) is 0 Å². The van der Waals surface area contributed by atoms with Gasteiger partial charge in [0.1, 0.15) is 0 Å². The van der Waals surface area contributed by atoms with Crippen LogP contribution in [0.4, 0.5) is 0 Å². The van der Waals surface area contributed by atoms with Crippen molar-refractivity contribution in [3.8, 4) is 0 Å². The zero-order chi connectivity index (χ0) is 15.4. The molecule has 0 N–H and O–H groups in total. The molecular weight excluding hydrogens is 240 g/mol. The lowest BCUT2D eigenvalue weighted by atomic mass is 9.93. The summed E-state index contributed by atoms with van der Waals surface area (Å²) >= 11 is 0. The fraction of sp³-hybridized carbons (Fsp3) is 0.800. The molecule has 0 amide bonds. The monoisotopic (exact) mass is 278 g/mol. The molecule has 0 heteroatoms. The highest BCUT2D eigenvalue weighted by Crippen LogP contribution is 2.19. The predicted molar refractivity (Wildman–Crippen MR) is 94.1 cm³/mol. The van der Waals surface area contributed by atoms with Gasteiger partial charge in [-0.05, 0) is 37.5 Å². The van der Waals surface area contributed by atoms with Gasteiger partial charge in [0.05, 0.1) is 0 Å². The maximum atomic E-state index is 2.42. The molecule has 0 bridgehead atoms. The van der Waals surface area contributed by atoms with Crippen molar-refractivity contribution in [3.05, 3.63) is 23.8 Å². The van der Waals surface area contributed by atoms with E-state index in [1.165, 1.54) is 44.1 Å². The topological polar surface area (TPSA) is 0 Å². The van der Waals surface area contributed by atoms with Gasteiger partial charge in [-0.15, -0.1) is 0 Å². The van der Waals surface area contributed by atoms with E-state index in [9.17, 15) is 0 Å². The van der Waals surface area contributed by atoms with Crippen LogP contribution in [0.3, 0.4) is 0 Å². The Hall–Kier alpha value is -0.520. The third-order valence-electron chi connectivity index (χ3n) is 4.21. The minimum atomic E-state index is 0.721. The Morgan fingerprint density at radius 3 is 2.05 bits per heavy atom. The molecule has 118 valence electrons. The third-order valence-corrected chi connectivity index (χ3v) is 4.21. The molecule has 0 spiro atoms. The molecule has 0 aromatic carbocycles. The fourth-order valence-electron chi connectivity index (χ4n) is 2.43. The molecule has 2 atom stereocenters. The first kappa shape index (κ1) is 19.5. The number of allylic oxidation sites excluding steroid dienone is 4. The van der Waals surface area contributed by atoms with Gasteiger partial charge in [0, 0.05) is 0 Å². The summed E-state index contributed by atoms with van der Waals surface area (Å²) in [5, 5.41) is 0. The predicted octanol–water partition coefficient (Wildman–Crippen LogP) is 7.17. The van der Waals surface area contributed by atoms with E-state index in [-0.39, 0.29) is 0 Å². The maximum absolute atomic E-state index is 2.42. The van der Waals surface area contributed by atoms with Crippen LogP contribution < -0.4 is 0 Å². The van der Waals surface area contributed by atoms with Gasteiger partial charge in [0.2, 0.25) is 0 Å². The Balaban J connectivity index is 3.67. The van der Waals surface area contributed by atoms with Gasteiger partial charge in [0.25, 0.3) is 0 Å². The molecule has 0 saturated heterocycles. The second-order valence-electron chi connectivity index (χ2n) is 7.09. The van der Waals surface area contributed by atoms with Gasteiger partial charge < -0.3 is 0 Å². The van der Waals surface area contributed by atoms with Crippen LogP contribution >= 0.6 is 0 Å². The Kier molecular flexibility index (Phi) is 11.9. The average molecular weight is 279 g/mol. The largest absolute Gasteiger partial charge is 0.0817 e. The minimum absolute atomic E-state index is 0.721. The highest BCUT2D eigenvalue weighted by Gasteiger charge is 2.04. The molecule has 2 unspecified atom stereocenters. The molecule has 0 radical (unpaired) electrons. The molecule has 0 aromatic rings. The number of hydrogen-bond donors (Lipinski definition) is 0. The fourth-order valence-corrected chi connectivity index (χ4v) is 2.43. The van der Waals surface area contributed by atoms with E-state index in [0.29, 0.717) is 0 Å². The van der Waals surface area contributed by atoms with Crippen LogP contribution in [0.2, 0.25) is 0 Å². The standard InChI is InChI=1S/C20H38/c1-7-18(4)12-9-14-20(6)16-10-15-19(5)13-8-11-17(2)3/h9,12,14,17,19-20H,7-8,10-11,13,15-16H2,1-6H3. The molecule has 0 aliphatic carbocycles. The normalized spacial score (nSPS) is 16.1. The van der Waals surface area contributed by atoms with Crippen molar-refractivity contribution < 1.29 is 0 Å². The molecule has 0 nitrogen and oxygen atoms in total. The SMILES string of the molecule is CCC(C)=CC=CC(C)CCCC(C)CCCC(C)C. The molecule has 0 saturated carbocycles. The van der Waals surface area contributed by atoms with E-state index < -0.39 is 0 Å². The Morgan fingerprint density at radius 2 is 1.50 bits per heavy atom. The van der Waals surface area contributed by atoms with E-state index in [1.807, 2.05) is 0 Å². The Bertz CT molecular complexity index is 270. The summed E-state index contributed by atoms with van der Waals surface area (Å²) in [5.74, 6) is 2.50. The van der Waals surface area contributed by atoms with Crippen LogP contribution in [0.1, 0.15) is 86.5 Å². The van der Waals surface area contributed by atoms with Crippen molar-refractivity contribution >= 4 is 0 Å². The Labute approximate surface area is 128 Å². The smallest absolute Gasteiger partial charge is 0.0259 e. The zero-order valence-corrected chi connectivity index (χ0v) is 14.9. The van der Waals surface area contributed by atoms with Crippen molar-refractivity contribution in [2.24, 2.45) is 17.8 Å². The lowest BCUT2D eigenvalue weighted by Crippen LogP contribution is -1.98. The summed E-state index contributed by atoms with van der Waals surface area (Å²) in [6.07, 6.45) is 16.4. The highest BCUT2D eigenvalue weighted by molar-refractivity contribution is 5.10. The summed E-state index contributed by atoms with van der Waals surface area (Å²) in [7, 11) is 0. The molecule has 0 aliphatic heterocycles. The van der Waals surface area contributed by atoms with Crippen molar-refractivity contribution in [3.63, 3.8) is 0 Å². The first-order valence-electron chi connectivity index (χ1n) is 8.79. The lowest BCUT2D eigenvalue weighted by Gasteiger charge is -2.13. The van der Waals surface area contributed by atoms with Crippen molar-refractivity contribution in [2.45, 2.75) is 86.5 Å². The number of rotatable bonds is 11. The molecular formula is C20H38. The molecule has 0 aromatic heterocycles. The van der Waals surface area contributed by atoms with Gasteiger partial charge >= 0.3 is 0 Å². The molecule has 0 fully saturated rings. The molecule has 20 heavy (non-hydrogen) atoms. The van der Waals surface area contributed by atoms with Crippen LogP contribution in [0.25, 0.3) is 0 Å². The van der Waals surface area contributed by atoms with Gasteiger partial charge in [-0.25, -0.2) is 0 Å². The van der Waals surface area contributed by atoms with Crippen LogP contribution in [-0.4, -0.2) is 0 Å². The van der Waals surface area contributed by atoms with E-state index >= 15 is 0 Å². The third kappa shape index (κ3) is 12.5. The minimum Gasteiger partial charge on any atom is -0.0817 e. The van der Waals surface area contributed by atoms with Gasteiger partial charge in [0.15, 0.2) is 0 Å². The second-order valence-corrected chi connectivity index (χ2v) is 7.09. The van der Waals surface area contributed by atoms with Gasteiger partial charge in [-0.2, -0.15) is 0 Å². The van der Waals surface area contributed by atoms with Crippen molar-refractivity contribution in [1.29, 1.82) is 0 Å². The van der Waals surface area contributed by atoms with E-state index in [2.05, 4.69) is 59.8 Å². The summed E-state index contributed by atoms with van der Waals surface area (Å²) in [6.45, 7) is 13.8. The molecule has 0 rings (SSSR count). The quantitative estimate of drug-likeness (QED) is 0.351. The van der Waals surface area contributed by atoms with E-state index in [1.54, 1.807) is 0 Å². The highest BCUT2D eigenvalue weighted by atomic mass is 14.1. The van der Waals surface area contributed by atoms with Crippen LogP contribution in [0, 0.1) is 17.8 Å². The van der Waals surface area contributed by atoms with E-state index in [4.69, 9.17) is 0 Å². The van der Waals surface area contributed by atoms with Gasteiger partial charge in [-0.1, -0.05) is 90.5 Å². The first-order valence-corrected chi connectivity index (χ1v) is 8.79. The van der Waals surface area contributed by atoms with Crippen LogP contribution in [0.5, 0.6) is 0 Å². The van der Waals surface area contributed by atoms with Crippen molar-refractivity contribution in [2.75, 3.05) is 0 Å². The molecule has 0 heterocycles. The lowest BCUT2D eigenvalue weighted by molar-refractivity contribution is 0.413. The summed E-state index contributed by atoms with van der Waals surface area (Å²) in [6, 6.07) is 0. The average Bonchev–Trinajstić information content (AvgIpc) is 2.38. The van der Waals surface area contributed by atoms with Crippen molar-refractivity contribution in [1.82, 2.24) is 0 Å².